The summed E-state index contributed by atoms with van der Waals surface area (Å²) in [6.07, 6.45) is 4.22. The first kappa shape index (κ1) is 15.7. The predicted octanol–water partition coefficient (Wildman–Crippen LogP) is 3.76. The van der Waals surface area contributed by atoms with E-state index < -0.39 is 0 Å². The van der Waals surface area contributed by atoms with Crippen LogP contribution in [0, 0.1) is 6.92 Å². The van der Waals surface area contributed by atoms with E-state index in [1.807, 2.05) is 18.2 Å². The molecule has 1 N–H and O–H groups in total. The van der Waals surface area contributed by atoms with Gasteiger partial charge in [0, 0.05) is 18.0 Å². The highest BCUT2D eigenvalue weighted by molar-refractivity contribution is 5.58. The maximum absolute atomic E-state index is 5.43. The van der Waals surface area contributed by atoms with Crippen molar-refractivity contribution in [1.82, 2.24) is 15.5 Å². The molecule has 0 aliphatic rings. The van der Waals surface area contributed by atoms with E-state index >= 15 is 0 Å². The fraction of sp³-hybridized carbons (Fsp3) is 0.529. The maximum Gasteiger partial charge on any atom is 0.228 e. The molecule has 4 nitrogen and oxygen atoms in total. The van der Waals surface area contributed by atoms with Crippen LogP contribution in [0.25, 0.3) is 11.4 Å². The van der Waals surface area contributed by atoms with Gasteiger partial charge in [0.05, 0.1) is 0 Å². The smallest absolute Gasteiger partial charge is 0.228 e. The molecule has 1 unspecified atom stereocenters. The summed E-state index contributed by atoms with van der Waals surface area (Å²) in [6.45, 7) is 7.48. The average Bonchev–Trinajstić information content (AvgIpc) is 2.94. The van der Waals surface area contributed by atoms with Crippen LogP contribution in [-0.2, 0) is 6.42 Å². The van der Waals surface area contributed by atoms with E-state index in [1.165, 1.54) is 5.56 Å². The summed E-state index contributed by atoms with van der Waals surface area (Å²) in [5.74, 6) is 1.41. The normalized spacial score (nSPS) is 12.5. The van der Waals surface area contributed by atoms with E-state index in [9.17, 15) is 0 Å². The van der Waals surface area contributed by atoms with Crippen LogP contribution in [0.1, 0.15) is 44.6 Å². The Hall–Kier alpha value is -1.68. The largest absolute Gasteiger partial charge is 0.339 e. The lowest BCUT2D eigenvalue weighted by molar-refractivity contribution is 0.350. The zero-order chi connectivity index (χ0) is 15.1. The number of nitrogens with zero attached hydrogens (tertiary/aromatic N) is 2. The molecule has 1 aromatic carbocycles. The molecular weight excluding hydrogens is 262 g/mol. The van der Waals surface area contributed by atoms with Crippen molar-refractivity contribution in [1.29, 1.82) is 0 Å². The molecule has 4 heteroatoms. The van der Waals surface area contributed by atoms with Gasteiger partial charge in [-0.1, -0.05) is 49.7 Å². The SMILES string of the molecule is CCCNC(CCC)Cc1nc(-c2ccccc2C)no1. The summed E-state index contributed by atoms with van der Waals surface area (Å²) in [5.41, 5.74) is 2.21. The Labute approximate surface area is 127 Å². The molecule has 1 aromatic heterocycles. The molecule has 1 atom stereocenters. The lowest BCUT2D eigenvalue weighted by Gasteiger charge is -2.15. The molecule has 21 heavy (non-hydrogen) atoms. The summed E-state index contributed by atoms with van der Waals surface area (Å²) >= 11 is 0. The van der Waals surface area contributed by atoms with E-state index in [0.717, 1.165) is 43.7 Å². The van der Waals surface area contributed by atoms with E-state index in [4.69, 9.17) is 4.52 Å². The van der Waals surface area contributed by atoms with Crippen LogP contribution in [0.15, 0.2) is 28.8 Å². The van der Waals surface area contributed by atoms with Gasteiger partial charge in [0.25, 0.3) is 0 Å². The van der Waals surface area contributed by atoms with Crippen LogP contribution >= 0.6 is 0 Å². The molecule has 0 saturated heterocycles. The van der Waals surface area contributed by atoms with Crippen molar-refractivity contribution in [3.05, 3.63) is 35.7 Å². The number of hydrogen-bond donors (Lipinski definition) is 1. The first-order chi connectivity index (χ1) is 10.2. The number of aryl methyl sites for hydroxylation is 1. The lowest BCUT2D eigenvalue weighted by atomic mass is 10.1. The standard InChI is InChI=1S/C17H25N3O/c1-4-8-14(18-11-5-2)12-16-19-17(20-21-16)15-10-7-6-9-13(15)3/h6-7,9-10,14,18H,4-5,8,11-12H2,1-3H3. The first-order valence-corrected chi connectivity index (χ1v) is 7.86. The summed E-state index contributed by atoms with van der Waals surface area (Å²) in [4.78, 5) is 4.55. The maximum atomic E-state index is 5.43. The topological polar surface area (TPSA) is 51.0 Å². The second-order valence-electron chi connectivity index (χ2n) is 5.47. The zero-order valence-electron chi connectivity index (χ0n) is 13.2. The molecule has 0 fully saturated rings. The van der Waals surface area contributed by atoms with Crippen LogP contribution in [0.5, 0.6) is 0 Å². The average molecular weight is 287 g/mol. The van der Waals surface area contributed by atoms with Crippen molar-refractivity contribution in [2.75, 3.05) is 6.54 Å². The fourth-order valence-electron chi connectivity index (χ4n) is 2.45. The van der Waals surface area contributed by atoms with Crippen LogP contribution in [0.3, 0.4) is 0 Å². The number of nitrogens with one attached hydrogen (secondary N) is 1. The molecule has 0 amide bonds. The van der Waals surface area contributed by atoms with Gasteiger partial charge in [-0.2, -0.15) is 4.98 Å². The van der Waals surface area contributed by atoms with Gasteiger partial charge in [0.1, 0.15) is 0 Å². The molecule has 1 heterocycles. The van der Waals surface area contributed by atoms with Crippen molar-refractivity contribution >= 4 is 0 Å². The molecule has 2 aromatic rings. The minimum atomic E-state index is 0.417. The molecule has 0 aliphatic heterocycles. The number of aromatic nitrogens is 2. The Bertz CT molecular complexity index is 550. The molecule has 0 radical (unpaired) electrons. The van der Waals surface area contributed by atoms with Crippen LogP contribution < -0.4 is 5.32 Å². The van der Waals surface area contributed by atoms with Gasteiger partial charge in [-0.25, -0.2) is 0 Å². The van der Waals surface area contributed by atoms with Crippen molar-refractivity contribution in [3.63, 3.8) is 0 Å². The molecule has 2 rings (SSSR count). The highest BCUT2D eigenvalue weighted by Gasteiger charge is 2.15. The zero-order valence-corrected chi connectivity index (χ0v) is 13.2. The molecule has 0 saturated carbocycles. The lowest BCUT2D eigenvalue weighted by Crippen LogP contribution is -2.31. The minimum Gasteiger partial charge on any atom is -0.339 e. The fourth-order valence-corrected chi connectivity index (χ4v) is 2.45. The molecular formula is C17H25N3O. The number of hydrogen-bond acceptors (Lipinski definition) is 4. The van der Waals surface area contributed by atoms with Gasteiger partial charge < -0.3 is 9.84 Å². The monoisotopic (exact) mass is 287 g/mol. The highest BCUT2D eigenvalue weighted by atomic mass is 16.5. The molecule has 0 bridgehead atoms. The highest BCUT2D eigenvalue weighted by Crippen LogP contribution is 2.20. The van der Waals surface area contributed by atoms with Crippen LogP contribution in [-0.4, -0.2) is 22.7 Å². The van der Waals surface area contributed by atoms with Crippen LogP contribution in [0.2, 0.25) is 0 Å². The summed E-state index contributed by atoms with van der Waals surface area (Å²) < 4.78 is 5.43. The quantitative estimate of drug-likeness (QED) is 0.803. The van der Waals surface area contributed by atoms with E-state index in [-0.39, 0.29) is 0 Å². The van der Waals surface area contributed by atoms with Crippen molar-refractivity contribution in [3.8, 4) is 11.4 Å². The Kier molecular flexibility index (Phi) is 5.93. The summed E-state index contributed by atoms with van der Waals surface area (Å²) in [5, 5.41) is 7.68. The van der Waals surface area contributed by atoms with E-state index in [0.29, 0.717) is 11.9 Å². The van der Waals surface area contributed by atoms with Crippen molar-refractivity contribution < 1.29 is 4.52 Å². The van der Waals surface area contributed by atoms with E-state index in [2.05, 4.69) is 42.3 Å². The molecule has 0 aliphatic carbocycles. The Morgan fingerprint density at radius 3 is 2.71 bits per heavy atom. The third-order valence-corrected chi connectivity index (χ3v) is 3.60. The third kappa shape index (κ3) is 4.39. The molecule has 114 valence electrons. The summed E-state index contributed by atoms with van der Waals surface area (Å²) in [6, 6.07) is 8.53. The van der Waals surface area contributed by atoms with Gasteiger partial charge in [-0.3, -0.25) is 0 Å². The van der Waals surface area contributed by atoms with Gasteiger partial charge in [0.2, 0.25) is 11.7 Å². The second kappa shape index (κ2) is 7.93. The Morgan fingerprint density at radius 1 is 1.19 bits per heavy atom. The van der Waals surface area contributed by atoms with Gasteiger partial charge >= 0.3 is 0 Å². The Morgan fingerprint density at radius 2 is 2.00 bits per heavy atom. The van der Waals surface area contributed by atoms with Crippen molar-refractivity contribution in [2.24, 2.45) is 0 Å². The van der Waals surface area contributed by atoms with Gasteiger partial charge in [-0.15, -0.1) is 0 Å². The van der Waals surface area contributed by atoms with Gasteiger partial charge in [-0.05, 0) is 31.9 Å². The third-order valence-electron chi connectivity index (χ3n) is 3.60. The van der Waals surface area contributed by atoms with Crippen molar-refractivity contribution in [2.45, 2.75) is 52.5 Å². The Balaban J connectivity index is 2.06. The van der Waals surface area contributed by atoms with E-state index in [1.54, 1.807) is 0 Å². The predicted molar refractivity (Wildman–Crippen MR) is 85.2 cm³/mol. The minimum absolute atomic E-state index is 0.417. The van der Waals surface area contributed by atoms with Crippen LogP contribution in [0.4, 0.5) is 0 Å². The number of benzene rings is 1. The summed E-state index contributed by atoms with van der Waals surface area (Å²) in [7, 11) is 0. The first-order valence-electron chi connectivity index (χ1n) is 7.86. The second-order valence-corrected chi connectivity index (χ2v) is 5.47. The van der Waals surface area contributed by atoms with Gasteiger partial charge in [0.15, 0.2) is 0 Å². The number of rotatable bonds is 8. The molecule has 0 spiro atoms.